The number of nitro benzene ring substituents is 1. The monoisotopic (exact) mass is 452 g/mol. The quantitative estimate of drug-likeness (QED) is 0.249. The van der Waals surface area contributed by atoms with E-state index in [-0.39, 0.29) is 16.4 Å². The lowest BCUT2D eigenvalue weighted by Crippen LogP contribution is -2.34. The van der Waals surface area contributed by atoms with Gasteiger partial charge in [0.2, 0.25) is 5.89 Å². The number of rotatable bonds is 4. The van der Waals surface area contributed by atoms with Crippen LogP contribution < -0.4 is 10.6 Å². The maximum atomic E-state index is 12.3. The fourth-order valence-corrected chi connectivity index (χ4v) is 3.20. The highest BCUT2D eigenvalue weighted by Gasteiger charge is 2.12. The number of non-ortho nitro benzene ring substituents is 1. The molecule has 0 radical (unpaired) electrons. The van der Waals surface area contributed by atoms with E-state index in [0.717, 1.165) is 0 Å². The van der Waals surface area contributed by atoms with E-state index in [2.05, 4.69) is 15.6 Å². The number of hydrogen-bond acceptors (Lipinski definition) is 6. The molecule has 10 heteroatoms. The zero-order valence-electron chi connectivity index (χ0n) is 15.7. The van der Waals surface area contributed by atoms with Crippen molar-refractivity contribution in [2.24, 2.45) is 0 Å². The van der Waals surface area contributed by atoms with Crippen LogP contribution >= 0.6 is 23.8 Å². The zero-order valence-corrected chi connectivity index (χ0v) is 17.2. The smallest absolute Gasteiger partial charge is 0.269 e. The summed E-state index contributed by atoms with van der Waals surface area (Å²) in [7, 11) is 0. The van der Waals surface area contributed by atoms with E-state index in [4.69, 9.17) is 28.2 Å². The van der Waals surface area contributed by atoms with Gasteiger partial charge in [0.25, 0.3) is 11.6 Å². The Bertz CT molecular complexity index is 1320. The van der Waals surface area contributed by atoms with Crippen molar-refractivity contribution in [3.8, 4) is 11.5 Å². The number of nitro groups is 1. The molecule has 0 fully saturated rings. The van der Waals surface area contributed by atoms with Crippen molar-refractivity contribution in [3.63, 3.8) is 0 Å². The number of aromatic nitrogens is 1. The third-order valence-corrected chi connectivity index (χ3v) is 4.72. The number of anilines is 1. The Balaban J connectivity index is 1.46. The Morgan fingerprint density at radius 3 is 2.61 bits per heavy atom. The van der Waals surface area contributed by atoms with Crippen LogP contribution in [0, 0.1) is 10.1 Å². The van der Waals surface area contributed by atoms with Gasteiger partial charge in [0, 0.05) is 34.0 Å². The predicted octanol–water partition coefficient (Wildman–Crippen LogP) is 5.18. The summed E-state index contributed by atoms with van der Waals surface area (Å²) in [5, 5.41) is 16.8. The van der Waals surface area contributed by atoms with E-state index in [1.54, 1.807) is 36.4 Å². The molecule has 3 aromatic carbocycles. The summed E-state index contributed by atoms with van der Waals surface area (Å²) < 4.78 is 5.77. The summed E-state index contributed by atoms with van der Waals surface area (Å²) in [5.74, 6) is -0.0684. The first kappa shape index (κ1) is 20.5. The topological polar surface area (TPSA) is 110 Å². The van der Waals surface area contributed by atoms with Crippen molar-refractivity contribution in [2.45, 2.75) is 0 Å². The van der Waals surface area contributed by atoms with Gasteiger partial charge in [0.05, 0.1) is 4.92 Å². The highest BCUT2D eigenvalue weighted by atomic mass is 35.5. The molecule has 0 saturated heterocycles. The molecule has 31 heavy (non-hydrogen) atoms. The number of benzene rings is 3. The van der Waals surface area contributed by atoms with E-state index in [9.17, 15) is 14.9 Å². The Kier molecular flexibility index (Phi) is 5.61. The van der Waals surface area contributed by atoms with Gasteiger partial charge in [0.1, 0.15) is 5.52 Å². The summed E-state index contributed by atoms with van der Waals surface area (Å²) in [6.07, 6.45) is 0. The van der Waals surface area contributed by atoms with E-state index >= 15 is 0 Å². The zero-order chi connectivity index (χ0) is 22.0. The highest BCUT2D eigenvalue weighted by molar-refractivity contribution is 7.80. The van der Waals surface area contributed by atoms with Gasteiger partial charge in [-0.05, 0) is 60.7 Å². The Hall–Kier alpha value is -3.82. The minimum Gasteiger partial charge on any atom is -0.436 e. The molecule has 1 heterocycles. The van der Waals surface area contributed by atoms with Gasteiger partial charge in [0.15, 0.2) is 10.7 Å². The molecular weight excluding hydrogens is 440 g/mol. The fraction of sp³-hybridized carbons (Fsp3) is 0. The molecule has 0 unspecified atom stereocenters. The summed E-state index contributed by atoms with van der Waals surface area (Å²) in [6, 6.07) is 17.6. The number of oxazole rings is 1. The average Bonchev–Trinajstić information content (AvgIpc) is 3.17. The van der Waals surface area contributed by atoms with Crippen molar-refractivity contribution in [1.29, 1.82) is 0 Å². The van der Waals surface area contributed by atoms with E-state index < -0.39 is 10.8 Å². The first-order chi connectivity index (χ1) is 14.9. The molecule has 0 bridgehead atoms. The van der Waals surface area contributed by atoms with Gasteiger partial charge in [-0.3, -0.25) is 20.2 Å². The predicted molar refractivity (Wildman–Crippen MR) is 121 cm³/mol. The van der Waals surface area contributed by atoms with Crippen molar-refractivity contribution < 1.29 is 14.1 Å². The number of hydrogen-bond donors (Lipinski definition) is 2. The summed E-state index contributed by atoms with van der Waals surface area (Å²) in [5.41, 5.74) is 2.73. The number of carbonyl (C=O) groups is 1. The lowest BCUT2D eigenvalue weighted by atomic mass is 10.2. The van der Waals surface area contributed by atoms with Crippen LogP contribution in [0.3, 0.4) is 0 Å². The molecule has 1 amide bonds. The van der Waals surface area contributed by atoms with Crippen molar-refractivity contribution in [3.05, 3.63) is 87.4 Å². The molecule has 0 aliphatic rings. The average molecular weight is 453 g/mol. The summed E-state index contributed by atoms with van der Waals surface area (Å²) in [4.78, 5) is 26.9. The molecule has 0 spiro atoms. The second kappa shape index (κ2) is 8.50. The van der Waals surface area contributed by atoms with Crippen molar-refractivity contribution >= 4 is 57.3 Å². The molecule has 0 atom stereocenters. The van der Waals surface area contributed by atoms with E-state index in [1.807, 2.05) is 6.07 Å². The van der Waals surface area contributed by atoms with Crippen LogP contribution in [0.2, 0.25) is 5.02 Å². The van der Waals surface area contributed by atoms with Crippen LogP contribution in [-0.2, 0) is 0 Å². The van der Waals surface area contributed by atoms with Crippen LogP contribution in [0.1, 0.15) is 10.4 Å². The molecule has 0 aliphatic carbocycles. The number of thiocarbonyl (C=S) groups is 1. The third kappa shape index (κ3) is 4.68. The molecule has 154 valence electrons. The minimum atomic E-state index is -0.535. The lowest BCUT2D eigenvalue weighted by molar-refractivity contribution is -0.384. The van der Waals surface area contributed by atoms with Crippen molar-refractivity contribution in [1.82, 2.24) is 10.3 Å². The maximum absolute atomic E-state index is 12.3. The number of amides is 1. The standard InChI is InChI=1S/C21H13ClN4O4S/c22-14-6-9-18-17(11-14)24-20(30-18)13-2-1-3-15(10-13)23-21(31)25-19(27)12-4-7-16(8-5-12)26(28)29/h1-11H,(H2,23,25,27,31). The fourth-order valence-electron chi connectivity index (χ4n) is 2.83. The third-order valence-electron chi connectivity index (χ3n) is 4.28. The van der Waals surface area contributed by atoms with Crippen molar-refractivity contribution in [2.75, 3.05) is 5.32 Å². The highest BCUT2D eigenvalue weighted by Crippen LogP contribution is 2.27. The lowest BCUT2D eigenvalue weighted by Gasteiger charge is -2.10. The normalized spacial score (nSPS) is 10.6. The van der Waals surface area contributed by atoms with Crippen LogP contribution in [0.15, 0.2) is 71.1 Å². The molecule has 4 rings (SSSR count). The number of nitrogens with one attached hydrogen (secondary N) is 2. The van der Waals surface area contributed by atoms with Crippen LogP contribution in [0.25, 0.3) is 22.6 Å². The molecule has 0 aliphatic heterocycles. The Morgan fingerprint density at radius 2 is 1.87 bits per heavy atom. The Morgan fingerprint density at radius 1 is 1.10 bits per heavy atom. The van der Waals surface area contributed by atoms with Gasteiger partial charge in [-0.1, -0.05) is 17.7 Å². The van der Waals surface area contributed by atoms with Crippen LogP contribution in [0.4, 0.5) is 11.4 Å². The van der Waals surface area contributed by atoms with Gasteiger partial charge in [-0.2, -0.15) is 0 Å². The summed E-state index contributed by atoms with van der Waals surface area (Å²) >= 11 is 11.2. The largest absolute Gasteiger partial charge is 0.436 e. The molecule has 8 nitrogen and oxygen atoms in total. The molecular formula is C21H13ClN4O4S. The Labute approximate surface area is 186 Å². The van der Waals surface area contributed by atoms with Gasteiger partial charge in [-0.15, -0.1) is 0 Å². The number of fused-ring (bicyclic) bond motifs is 1. The second-order valence-electron chi connectivity index (χ2n) is 6.42. The van der Waals surface area contributed by atoms with Gasteiger partial charge < -0.3 is 9.73 Å². The molecule has 1 aromatic heterocycles. The summed E-state index contributed by atoms with van der Waals surface area (Å²) in [6.45, 7) is 0. The minimum absolute atomic E-state index is 0.0739. The molecule has 4 aromatic rings. The second-order valence-corrected chi connectivity index (χ2v) is 7.27. The first-order valence-electron chi connectivity index (χ1n) is 8.92. The molecule has 0 saturated carbocycles. The van der Waals surface area contributed by atoms with E-state index in [1.165, 1.54) is 24.3 Å². The maximum Gasteiger partial charge on any atom is 0.269 e. The number of carbonyl (C=O) groups excluding carboxylic acids is 1. The number of nitrogens with zero attached hydrogens (tertiary/aromatic N) is 2. The van der Waals surface area contributed by atoms with Gasteiger partial charge >= 0.3 is 0 Å². The number of halogens is 1. The SMILES string of the molecule is O=C(NC(=S)Nc1cccc(-c2nc3cc(Cl)ccc3o2)c1)c1ccc([N+](=O)[O-])cc1. The molecule has 2 N–H and O–H groups in total. The van der Waals surface area contributed by atoms with E-state index in [0.29, 0.717) is 33.3 Å². The van der Waals surface area contributed by atoms with Crippen LogP contribution in [0.5, 0.6) is 0 Å². The van der Waals surface area contributed by atoms with Gasteiger partial charge in [-0.25, -0.2) is 4.98 Å². The van der Waals surface area contributed by atoms with Crippen LogP contribution in [-0.4, -0.2) is 20.9 Å². The first-order valence-corrected chi connectivity index (χ1v) is 9.71.